The summed E-state index contributed by atoms with van der Waals surface area (Å²) in [6, 6.07) is 0. The zero-order chi connectivity index (χ0) is 18.9. The Labute approximate surface area is 169 Å². The molecule has 0 spiro atoms. The smallest absolute Gasteiger partial charge is 0.178 e. The fourth-order valence-electron chi connectivity index (χ4n) is 6.56. The van der Waals surface area contributed by atoms with Gasteiger partial charge in [0, 0.05) is 10.8 Å². The molecule has 140 valence electrons. The SMILES string of the molecule is CC1C[C@H]2[C@@H]3CCC4=CC(=O)C=C[C@]4(C)C3=CC[C@]2(C)[C@@]1(O)C(=O)CI. The van der Waals surface area contributed by atoms with E-state index in [2.05, 4.69) is 48.6 Å². The van der Waals surface area contributed by atoms with Crippen molar-refractivity contribution in [1.82, 2.24) is 0 Å². The fraction of sp³-hybridized carbons (Fsp3) is 0.636. The maximum atomic E-state index is 12.8. The summed E-state index contributed by atoms with van der Waals surface area (Å²) in [6.45, 7) is 6.40. The molecule has 0 radical (unpaired) electrons. The molecule has 6 atom stereocenters. The van der Waals surface area contributed by atoms with E-state index >= 15 is 0 Å². The van der Waals surface area contributed by atoms with Gasteiger partial charge in [0.15, 0.2) is 11.6 Å². The lowest BCUT2D eigenvalue weighted by Gasteiger charge is -2.53. The Hall–Kier alpha value is -0.750. The molecule has 4 aliphatic carbocycles. The molecular formula is C22H27IO3. The van der Waals surface area contributed by atoms with Crippen molar-refractivity contribution >= 4 is 34.2 Å². The number of rotatable bonds is 2. The molecule has 0 aliphatic heterocycles. The first-order valence-electron chi connectivity index (χ1n) is 9.65. The summed E-state index contributed by atoms with van der Waals surface area (Å²) in [6.07, 6.45) is 11.5. The summed E-state index contributed by atoms with van der Waals surface area (Å²) >= 11 is 2.09. The van der Waals surface area contributed by atoms with Gasteiger partial charge in [0.2, 0.25) is 0 Å². The number of carbonyl (C=O) groups is 2. The maximum absolute atomic E-state index is 12.8. The van der Waals surface area contributed by atoms with E-state index in [1.807, 2.05) is 13.0 Å². The number of carbonyl (C=O) groups excluding carboxylic acids is 2. The Kier molecular flexibility index (Phi) is 4.20. The monoisotopic (exact) mass is 466 g/mol. The van der Waals surface area contributed by atoms with Gasteiger partial charge in [0.05, 0.1) is 4.43 Å². The highest BCUT2D eigenvalue weighted by Gasteiger charge is 2.66. The zero-order valence-corrected chi connectivity index (χ0v) is 17.9. The van der Waals surface area contributed by atoms with Gasteiger partial charge < -0.3 is 5.11 Å². The molecule has 4 aliphatic rings. The van der Waals surface area contributed by atoms with Crippen LogP contribution in [0.5, 0.6) is 0 Å². The van der Waals surface area contributed by atoms with Crippen LogP contribution in [0, 0.1) is 28.6 Å². The van der Waals surface area contributed by atoms with E-state index in [0.29, 0.717) is 16.3 Å². The van der Waals surface area contributed by atoms with Crippen molar-refractivity contribution in [3.63, 3.8) is 0 Å². The van der Waals surface area contributed by atoms with Crippen LogP contribution < -0.4 is 0 Å². The molecule has 2 saturated carbocycles. The molecule has 1 unspecified atom stereocenters. The number of alkyl halides is 1. The van der Waals surface area contributed by atoms with E-state index in [0.717, 1.165) is 25.7 Å². The Morgan fingerprint density at radius 2 is 2.12 bits per heavy atom. The van der Waals surface area contributed by atoms with E-state index in [9.17, 15) is 14.7 Å². The zero-order valence-electron chi connectivity index (χ0n) is 15.7. The second-order valence-electron chi connectivity index (χ2n) is 9.10. The normalized spacial score (nSPS) is 46.8. The van der Waals surface area contributed by atoms with Crippen LogP contribution in [0.4, 0.5) is 0 Å². The molecule has 0 amide bonds. The summed E-state index contributed by atoms with van der Waals surface area (Å²) in [5, 5.41) is 11.6. The van der Waals surface area contributed by atoms with Gasteiger partial charge >= 0.3 is 0 Å². The summed E-state index contributed by atoms with van der Waals surface area (Å²) < 4.78 is 0.359. The van der Waals surface area contributed by atoms with Gasteiger partial charge in [-0.05, 0) is 62.5 Å². The molecule has 1 N–H and O–H groups in total. The Morgan fingerprint density at radius 3 is 2.81 bits per heavy atom. The maximum Gasteiger partial charge on any atom is 0.178 e. The van der Waals surface area contributed by atoms with Crippen LogP contribution >= 0.6 is 22.6 Å². The lowest BCUT2D eigenvalue weighted by atomic mass is 9.51. The summed E-state index contributed by atoms with van der Waals surface area (Å²) in [7, 11) is 0. The second kappa shape index (κ2) is 5.87. The third kappa shape index (κ3) is 2.15. The van der Waals surface area contributed by atoms with E-state index in [4.69, 9.17) is 0 Å². The molecule has 4 rings (SSSR count). The molecule has 0 aromatic carbocycles. The highest BCUT2D eigenvalue weighted by Crippen LogP contribution is 2.66. The van der Waals surface area contributed by atoms with Crippen LogP contribution in [0.15, 0.2) is 35.5 Å². The van der Waals surface area contributed by atoms with E-state index in [1.165, 1.54) is 11.1 Å². The molecule has 4 heteroatoms. The molecule has 26 heavy (non-hydrogen) atoms. The Balaban J connectivity index is 1.79. The quantitative estimate of drug-likeness (QED) is 0.377. The van der Waals surface area contributed by atoms with Crippen molar-refractivity contribution < 1.29 is 14.7 Å². The minimum atomic E-state index is -1.23. The average Bonchev–Trinajstić information content (AvgIpc) is 2.83. The Morgan fingerprint density at radius 1 is 1.38 bits per heavy atom. The lowest BCUT2D eigenvalue weighted by Crippen LogP contribution is -2.57. The standard InChI is InChI=1S/C22H27IO3/c1-13-10-18-16-5-4-14-11-15(24)6-8-20(14,2)17(16)7-9-21(18,3)22(13,26)19(25)12-23/h6-8,11,13,16,18,26H,4-5,9-10,12H2,1-3H3/t13?,16-,18+,20+,21+,22+/m1/s1. The van der Waals surface area contributed by atoms with Gasteiger partial charge in [0.25, 0.3) is 0 Å². The largest absolute Gasteiger partial charge is 0.381 e. The molecule has 0 aromatic rings. The van der Waals surface area contributed by atoms with Crippen LogP contribution in [0.3, 0.4) is 0 Å². The second-order valence-corrected chi connectivity index (χ2v) is 9.86. The Bertz CT molecular complexity index is 778. The number of hydrogen-bond acceptors (Lipinski definition) is 3. The molecule has 0 saturated heterocycles. The molecular weight excluding hydrogens is 439 g/mol. The predicted octanol–water partition coefficient (Wildman–Crippen LogP) is 4.20. The third-order valence-electron chi connectivity index (χ3n) is 8.08. The number of Topliss-reactive ketones (excluding diaryl/α,β-unsaturated/α-hetero) is 1. The molecule has 3 nitrogen and oxygen atoms in total. The number of allylic oxidation sites excluding steroid dienone is 6. The van der Waals surface area contributed by atoms with E-state index in [-0.39, 0.29) is 22.9 Å². The first kappa shape index (κ1) is 18.6. The number of aliphatic hydroxyl groups is 1. The van der Waals surface area contributed by atoms with Crippen molar-refractivity contribution in [3.8, 4) is 0 Å². The van der Waals surface area contributed by atoms with Gasteiger partial charge in [-0.1, -0.05) is 59.7 Å². The van der Waals surface area contributed by atoms with Crippen molar-refractivity contribution in [2.45, 2.75) is 52.1 Å². The predicted molar refractivity (Wildman–Crippen MR) is 110 cm³/mol. The third-order valence-corrected chi connectivity index (χ3v) is 8.77. The summed E-state index contributed by atoms with van der Waals surface area (Å²) in [5.74, 6) is 0.763. The number of fused-ring (bicyclic) bond motifs is 5. The van der Waals surface area contributed by atoms with Crippen molar-refractivity contribution in [1.29, 1.82) is 0 Å². The van der Waals surface area contributed by atoms with Crippen LogP contribution in [-0.2, 0) is 9.59 Å². The van der Waals surface area contributed by atoms with Gasteiger partial charge in [0.1, 0.15) is 5.60 Å². The number of ketones is 2. The highest BCUT2D eigenvalue weighted by atomic mass is 127. The van der Waals surface area contributed by atoms with Crippen LogP contribution in [0.1, 0.15) is 46.5 Å². The van der Waals surface area contributed by atoms with Gasteiger partial charge in [-0.2, -0.15) is 0 Å². The van der Waals surface area contributed by atoms with Gasteiger partial charge in [-0.15, -0.1) is 0 Å². The van der Waals surface area contributed by atoms with E-state index < -0.39 is 11.0 Å². The lowest BCUT2D eigenvalue weighted by molar-refractivity contribution is -0.155. The fourth-order valence-corrected chi connectivity index (χ4v) is 7.14. The molecule has 2 fully saturated rings. The first-order valence-corrected chi connectivity index (χ1v) is 11.2. The highest BCUT2D eigenvalue weighted by molar-refractivity contribution is 14.1. The van der Waals surface area contributed by atoms with E-state index in [1.54, 1.807) is 6.08 Å². The van der Waals surface area contributed by atoms with Gasteiger partial charge in [-0.25, -0.2) is 0 Å². The molecule has 0 bridgehead atoms. The summed E-state index contributed by atoms with van der Waals surface area (Å²) in [5.41, 5.74) is 0.834. The summed E-state index contributed by atoms with van der Waals surface area (Å²) in [4.78, 5) is 24.6. The minimum absolute atomic E-state index is 0.0132. The molecule has 0 heterocycles. The minimum Gasteiger partial charge on any atom is -0.381 e. The van der Waals surface area contributed by atoms with Crippen molar-refractivity contribution in [2.24, 2.45) is 28.6 Å². The number of halogens is 1. The first-order chi connectivity index (χ1) is 12.2. The number of hydrogen-bond donors (Lipinski definition) is 1. The van der Waals surface area contributed by atoms with Crippen molar-refractivity contribution in [2.75, 3.05) is 4.43 Å². The van der Waals surface area contributed by atoms with Crippen LogP contribution in [0.25, 0.3) is 0 Å². The van der Waals surface area contributed by atoms with Crippen LogP contribution in [0.2, 0.25) is 0 Å². The van der Waals surface area contributed by atoms with Gasteiger partial charge in [-0.3, -0.25) is 9.59 Å². The molecule has 0 aromatic heterocycles. The van der Waals surface area contributed by atoms with Crippen molar-refractivity contribution in [3.05, 3.63) is 35.5 Å². The topological polar surface area (TPSA) is 54.4 Å². The average molecular weight is 466 g/mol. The van der Waals surface area contributed by atoms with Crippen LogP contribution in [-0.4, -0.2) is 26.7 Å².